The van der Waals surface area contributed by atoms with E-state index < -0.39 is 0 Å². The van der Waals surface area contributed by atoms with Gasteiger partial charge in [0.1, 0.15) is 0 Å². The SMILES string of the molecule is CC(C)CCCOCCCCOCCCNC(=O)CCC(C)C. The van der Waals surface area contributed by atoms with Gasteiger partial charge in [-0.05, 0) is 50.4 Å². The summed E-state index contributed by atoms with van der Waals surface area (Å²) >= 11 is 0. The van der Waals surface area contributed by atoms with Gasteiger partial charge in [-0.3, -0.25) is 4.79 Å². The zero-order chi connectivity index (χ0) is 17.3. The van der Waals surface area contributed by atoms with Gasteiger partial charge >= 0.3 is 0 Å². The van der Waals surface area contributed by atoms with Gasteiger partial charge in [0.25, 0.3) is 0 Å². The van der Waals surface area contributed by atoms with Crippen LogP contribution in [0.2, 0.25) is 0 Å². The highest BCUT2D eigenvalue weighted by Gasteiger charge is 2.02. The first-order valence-corrected chi connectivity index (χ1v) is 9.44. The first kappa shape index (κ1) is 22.4. The predicted molar refractivity (Wildman–Crippen MR) is 96.6 cm³/mol. The van der Waals surface area contributed by atoms with Crippen molar-refractivity contribution in [2.24, 2.45) is 11.8 Å². The maximum atomic E-state index is 11.5. The van der Waals surface area contributed by atoms with Crippen molar-refractivity contribution in [3.8, 4) is 0 Å². The fourth-order valence-corrected chi connectivity index (χ4v) is 2.12. The average Bonchev–Trinajstić information content (AvgIpc) is 2.49. The molecule has 0 fully saturated rings. The van der Waals surface area contributed by atoms with Crippen molar-refractivity contribution in [1.29, 1.82) is 0 Å². The van der Waals surface area contributed by atoms with Crippen molar-refractivity contribution >= 4 is 5.91 Å². The summed E-state index contributed by atoms with van der Waals surface area (Å²) in [5.74, 6) is 1.52. The van der Waals surface area contributed by atoms with Gasteiger partial charge in [-0.1, -0.05) is 27.7 Å². The summed E-state index contributed by atoms with van der Waals surface area (Å²) in [7, 11) is 0. The lowest BCUT2D eigenvalue weighted by Gasteiger charge is -2.08. The van der Waals surface area contributed by atoms with Gasteiger partial charge in [0.05, 0.1) is 0 Å². The highest BCUT2D eigenvalue weighted by molar-refractivity contribution is 5.75. The fraction of sp³-hybridized carbons (Fsp3) is 0.947. The molecule has 0 aromatic rings. The number of carbonyl (C=O) groups is 1. The molecule has 0 heterocycles. The zero-order valence-corrected chi connectivity index (χ0v) is 15.9. The number of rotatable bonds is 16. The van der Waals surface area contributed by atoms with E-state index in [1.54, 1.807) is 0 Å². The molecule has 0 aliphatic carbocycles. The van der Waals surface area contributed by atoms with Gasteiger partial charge in [0.2, 0.25) is 5.91 Å². The Kier molecular flexibility index (Phi) is 15.8. The van der Waals surface area contributed by atoms with E-state index in [-0.39, 0.29) is 5.91 Å². The number of nitrogens with one attached hydrogen (secondary N) is 1. The Labute approximate surface area is 143 Å². The highest BCUT2D eigenvalue weighted by atomic mass is 16.5. The number of hydrogen-bond acceptors (Lipinski definition) is 3. The van der Waals surface area contributed by atoms with Crippen LogP contribution in [0.15, 0.2) is 0 Å². The first-order valence-electron chi connectivity index (χ1n) is 9.44. The average molecular weight is 330 g/mol. The van der Waals surface area contributed by atoms with Gasteiger partial charge in [-0.2, -0.15) is 0 Å². The maximum absolute atomic E-state index is 11.5. The van der Waals surface area contributed by atoms with Crippen LogP contribution in [-0.4, -0.2) is 38.9 Å². The molecule has 0 saturated carbocycles. The number of ether oxygens (including phenoxy) is 2. The Morgan fingerprint density at radius 3 is 1.87 bits per heavy atom. The Bertz CT molecular complexity index is 267. The van der Waals surface area contributed by atoms with Crippen molar-refractivity contribution in [3.63, 3.8) is 0 Å². The molecular weight excluding hydrogens is 290 g/mol. The molecule has 4 heteroatoms. The first-order chi connectivity index (χ1) is 11.0. The normalized spacial score (nSPS) is 11.4. The molecule has 0 aliphatic rings. The quantitative estimate of drug-likeness (QED) is 0.432. The summed E-state index contributed by atoms with van der Waals surface area (Å²) in [4.78, 5) is 11.5. The second kappa shape index (κ2) is 16.3. The van der Waals surface area contributed by atoms with E-state index in [1.165, 1.54) is 6.42 Å². The van der Waals surface area contributed by atoms with E-state index in [0.717, 1.165) is 71.0 Å². The molecular formula is C19H39NO3. The number of carbonyl (C=O) groups excluding carboxylic acids is 1. The number of amides is 1. The Balaban J connectivity index is 3.12. The van der Waals surface area contributed by atoms with Crippen molar-refractivity contribution in [2.75, 3.05) is 33.0 Å². The summed E-state index contributed by atoms with van der Waals surface area (Å²) in [6.45, 7) is 12.7. The van der Waals surface area contributed by atoms with E-state index in [0.29, 0.717) is 12.3 Å². The number of hydrogen-bond donors (Lipinski definition) is 1. The minimum absolute atomic E-state index is 0.160. The largest absolute Gasteiger partial charge is 0.381 e. The summed E-state index contributed by atoms with van der Waals surface area (Å²) < 4.78 is 11.2. The zero-order valence-electron chi connectivity index (χ0n) is 15.9. The van der Waals surface area contributed by atoms with Gasteiger partial charge in [0.15, 0.2) is 0 Å². The highest BCUT2D eigenvalue weighted by Crippen LogP contribution is 2.04. The van der Waals surface area contributed by atoms with Crippen LogP contribution in [0.1, 0.15) is 72.6 Å². The van der Waals surface area contributed by atoms with E-state index in [4.69, 9.17) is 9.47 Å². The van der Waals surface area contributed by atoms with Crippen molar-refractivity contribution < 1.29 is 14.3 Å². The molecule has 0 unspecified atom stereocenters. The molecule has 138 valence electrons. The maximum Gasteiger partial charge on any atom is 0.220 e. The molecule has 0 aromatic heterocycles. The van der Waals surface area contributed by atoms with E-state index in [1.807, 2.05) is 0 Å². The van der Waals surface area contributed by atoms with E-state index in [9.17, 15) is 4.79 Å². The van der Waals surface area contributed by atoms with Crippen LogP contribution in [0, 0.1) is 11.8 Å². The van der Waals surface area contributed by atoms with Crippen molar-refractivity contribution in [1.82, 2.24) is 5.32 Å². The smallest absolute Gasteiger partial charge is 0.220 e. The van der Waals surface area contributed by atoms with Gasteiger partial charge < -0.3 is 14.8 Å². The lowest BCUT2D eigenvalue weighted by molar-refractivity contribution is -0.121. The second-order valence-electron chi connectivity index (χ2n) is 7.10. The molecule has 0 rings (SSSR count). The Morgan fingerprint density at radius 2 is 1.30 bits per heavy atom. The molecule has 23 heavy (non-hydrogen) atoms. The molecule has 1 N–H and O–H groups in total. The molecule has 4 nitrogen and oxygen atoms in total. The molecule has 0 bridgehead atoms. The van der Waals surface area contributed by atoms with Gasteiger partial charge in [-0.15, -0.1) is 0 Å². The van der Waals surface area contributed by atoms with Gasteiger partial charge in [0, 0.05) is 39.4 Å². The standard InChI is InChI=1S/C19H39NO3/c1-17(2)9-7-15-22-13-5-6-14-23-16-8-12-20-19(21)11-10-18(3)4/h17-18H,5-16H2,1-4H3,(H,20,21). The molecule has 0 saturated heterocycles. The van der Waals surface area contributed by atoms with Crippen LogP contribution >= 0.6 is 0 Å². The van der Waals surface area contributed by atoms with Crippen molar-refractivity contribution in [3.05, 3.63) is 0 Å². The summed E-state index contributed by atoms with van der Waals surface area (Å²) in [6.07, 6.45) is 7.00. The van der Waals surface area contributed by atoms with Crippen molar-refractivity contribution in [2.45, 2.75) is 72.6 Å². The molecule has 1 amide bonds. The molecule has 0 radical (unpaired) electrons. The molecule has 0 atom stereocenters. The monoisotopic (exact) mass is 329 g/mol. The van der Waals surface area contributed by atoms with Crippen LogP contribution in [0.25, 0.3) is 0 Å². The summed E-state index contributed by atoms with van der Waals surface area (Å²) in [5, 5.41) is 2.94. The second-order valence-corrected chi connectivity index (χ2v) is 7.10. The van der Waals surface area contributed by atoms with Crippen LogP contribution in [0.5, 0.6) is 0 Å². The van der Waals surface area contributed by atoms with Crippen LogP contribution in [-0.2, 0) is 14.3 Å². The topological polar surface area (TPSA) is 47.6 Å². The summed E-state index contributed by atoms with van der Waals surface area (Å²) in [6, 6.07) is 0. The van der Waals surface area contributed by atoms with E-state index >= 15 is 0 Å². The predicted octanol–water partition coefficient (Wildman–Crippen LogP) is 4.18. The third kappa shape index (κ3) is 19.3. The lowest BCUT2D eigenvalue weighted by Crippen LogP contribution is -2.25. The van der Waals surface area contributed by atoms with Crippen LogP contribution in [0.3, 0.4) is 0 Å². The molecule has 0 spiro atoms. The lowest BCUT2D eigenvalue weighted by atomic mass is 10.1. The third-order valence-corrected chi connectivity index (χ3v) is 3.63. The minimum atomic E-state index is 0.160. The Hall–Kier alpha value is -0.610. The Morgan fingerprint density at radius 1 is 0.783 bits per heavy atom. The molecule has 0 aromatic carbocycles. The van der Waals surface area contributed by atoms with Crippen LogP contribution < -0.4 is 5.32 Å². The fourth-order valence-electron chi connectivity index (χ4n) is 2.12. The molecule has 0 aliphatic heterocycles. The van der Waals surface area contributed by atoms with Crippen LogP contribution in [0.4, 0.5) is 0 Å². The summed E-state index contributed by atoms with van der Waals surface area (Å²) in [5.41, 5.74) is 0. The third-order valence-electron chi connectivity index (χ3n) is 3.63. The number of unbranched alkanes of at least 4 members (excludes halogenated alkanes) is 1. The van der Waals surface area contributed by atoms with E-state index in [2.05, 4.69) is 33.0 Å². The minimum Gasteiger partial charge on any atom is -0.381 e. The van der Waals surface area contributed by atoms with Gasteiger partial charge in [-0.25, -0.2) is 0 Å².